The smallest absolute Gasteiger partial charge is 0.416 e. The average Bonchev–Trinajstić information content (AvgIpc) is 2.92. The molecule has 1 heterocycles. The highest BCUT2D eigenvalue weighted by Gasteiger charge is 2.31. The highest BCUT2D eigenvalue weighted by atomic mass is 19.4. The molecule has 1 atom stereocenters. The molecule has 0 radical (unpaired) electrons. The molecule has 23 heavy (non-hydrogen) atoms. The van der Waals surface area contributed by atoms with Crippen LogP contribution in [-0.2, 0) is 10.9 Å². The largest absolute Gasteiger partial charge is 0.469 e. The second kappa shape index (κ2) is 6.87. The highest BCUT2D eigenvalue weighted by Crippen LogP contribution is 2.31. The van der Waals surface area contributed by atoms with Crippen molar-refractivity contribution in [1.29, 1.82) is 0 Å². The van der Waals surface area contributed by atoms with Gasteiger partial charge in [0.1, 0.15) is 5.76 Å². The Morgan fingerprint density at radius 3 is 2.65 bits per heavy atom. The van der Waals surface area contributed by atoms with E-state index < -0.39 is 23.7 Å². The number of rotatable bonds is 5. The molecule has 7 heteroatoms. The van der Waals surface area contributed by atoms with Gasteiger partial charge in [-0.2, -0.15) is 13.2 Å². The summed E-state index contributed by atoms with van der Waals surface area (Å²) >= 11 is 0. The minimum Gasteiger partial charge on any atom is -0.469 e. The third-order valence-electron chi connectivity index (χ3n) is 3.36. The van der Waals surface area contributed by atoms with Gasteiger partial charge in [0, 0.05) is 7.11 Å². The number of halogens is 3. The van der Waals surface area contributed by atoms with Gasteiger partial charge in [-0.25, -0.2) is 0 Å². The number of amides is 1. The molecule has 4 nitrogen and oxygen atoms in total. The minimum atomic E-state index is -4.45. The van der Waals surface area contributed by atoms with E-state index in [0.29, 0.717) is 16.9 Å². The normalized spacial score (nSPS) is 12.9. The number of benzene rings is 1. The van der Waals surface area contributed by atoms with E-state index in [1.165, 1.54) is 31.6 Å². The molecule has 1 N–H and O–H groups in total. The molecule has 2 rings (SSSR count). The van der Waals surface area contributed by atoms with Crippen LogP contribution < -0.4 is 5.32 Å². The summed E-state index contributed by atoms with van der Waals surface area (Å²) in [5, 5.41) is 2.66. The molecule has 0 bridgehead atoms. The third kappa shape index (κ3) is 4.13. The number of hydrogen-bond donors (Lipinski definition) is 1. The number of methoxy groups -OCH3 is 1. The lowest BCUT2D eigenvalue weighted by atomic mass is 10.0. The Morgan fingerprint density at radius 1 is 1.35 bits per heavy atom. The van der Waals surface area contributed by atoms with Crippen molar-refractivity contribution in [1.82, 2.24) is 5.32 Å². The van der Waals surface area contributed by atoms with Crippen LogP contribution in [0.3, 0.4) is 0 Å². The molecular weight excluding hydrogens is 311 g/mol. The molecular formula is C16H16F3NO3. The lowest BCUT2D eigenvalue weighted by Gasteiger charge is -2.19. The van der Waals surface area contributed by atoms with Crippen LogP contribution in [0.1, 0.15) is 33.3 Å². The van der Waals surface area contributed by atoms with Gasteiger partial charge in [0.25, 0.3) is 5.91 Å². The van der Waals surface area contributed by atoms with Gasteiger partial charge in [-0.1, -0.05) is 12.1 Å². The first-order chi connectivity index (χ1) is 10.8. The first-order valence-electron chi connectivity index (χ1n) is 6.84. The van der Waals surface area contributed by atoms with Crippen LogP contribution in [-0.4, -0.2) is 19.6 Å². The van der Waals surface area contributed by atoms with Gasteiger partial charge in [-0.15, -0.1) is 0 Å². The lowest BCUT2D eigenvalue weighted by molar-refractivity contribution is -0.137. The number of alkyl halides is 3. The number of ether oxygens (including phenoxy) is 1. The van der Waals surface area contributed by atoms with E-state index >= 15 is 0 Å². The maximum Gasteiger partial charge on any atom is 0.416 e. The SMILES string of the molecule is COC[C@H](NC(=O)c1ccoc1C)c1cccc(C(F)(F)F)c1. The molecule has 0 aliphatic rings. The van der Waals surface area contributed by atoms with Crippen LogP contribution in [0, 0.1) is 6.92 Å². The summed E-state index contributed by atoms with van der Waals surface area (Å²) in [6, 6.07) is 5.60. The second-order valence-electron chi connectivity index (χ2n) is 5.00. The van der Waals surface area contributed by atoms with Gasteiger partial charge in [0.05, 0.1) is 30.0 Å². The topological polar surface area (TPSA) is 51.5 Å². The van der Waals surface area contributed by atoms with Gasteiger partial charge in [0.15, 0.2) is 0 Å². The monoisotopic (exact) mass is 327 g/mol. The Hall–Kier alpha value is -2.28. The van der Waals surface area contributed by atoms with Crippen LogP contribution in [0.2, 0.25) is 0 Å². The number of hydrogen-bond acceptors (Lipinski definition) is 3. The molecule has 1 amide bonds. The predicted octanol–water partition coefficient (Wildman–Crippen LogP) is 3.72. The summed E-state index contributed by atoms with van der Waals surface area (Å²) in [7, 11) is 1.41. The Kier molecular flexibility index (Phi) is 5.10. The van der Waals surface area contributed by atoms with Crippen LogP contribution in [0.4, 0.5) is 13.2 Å². The fraction of sp³-hybridized carbons (Fsp3) is 0.312. The Bertz CT molecular complexity index is 679. The summed E-state index contributed by atoms with van der Waals surface area (Å²) < 4.78 is 48.5. The predicted molar refractivity (Wildman–Crippen MR) is 77.0 cm³/mol. The van der Waals surface area contributed by atoms with E-state index in [2.05, 4.69) is 5.32 Å². The van der Waals surface area contributed by atoms with Crippen LogP contribution in [0.25, 0.3) is 0 Å². The molecule has 1 aromatic carbocycles. The van der Waals surface area contributed by atoms with Gasteiger partial charge in [-0.3, -0.25) is 4.79 Å². The summed E-state index contributed by atoms with van der Waals surface area (Å²) in [5.74, 6) is -0.00146. The summed E-state index contributed by atoms with van der Waals surface area (Å²) in [6.07, 6.45) is -3.07. The first kappa shape index (κ1) is 17.1. The fourth-order valence-electron chi connectivity index (χ4n) is 2.18. The van der Waals surface area contributed by atoms with Crippen LogP contribution in [0.15, 0.2) is 41.0 Å². The van der Waals surface area contributed by atoms with E-state index in [9.17, 15) is 18.0 Å². The number of nitrogens with one attached hydrogen (secondary N) is 1. The Morgan fingerprint density at radius 2 is 2.09 bits per heavy atom. The maximum atomic E-state index is 12.8. The zero-order valence-electron chi connectivity index (χ0n) is 12.6. The molecule has 2 aromatic rings. The van der Waals surface area contributed by atoms with Crippen molar-refractivity contribution in [3.8, 4) is 0 Å². The zero-order valence-corrected chi connectivity index (χ0v) is 12.6. The van der Waals surface area contributed by atoms with Gasteiger partial charge < -0.3 is 14.5 Å². The van der Waals surface area contributed by atoms with Crippen molar-refractivity contribution in [3.05, 3.63) is 59.0 Å². The highest BCUT2D eigenvalue weighted by molar-refractivity contribution is 5.95. The zero-order chi connectivity index (χ0) is 17.0. The average molecular weight is 327 g/mol. The van der Waals surface area contributed by atoms with Crippen molar-refractivity contribution >= 4 is 5.91 Å². The summed E-state index contributed by atoms with van der Waals surface area (Å²) in [6.45, 7) is 1.68. The van der Waals surface area contributed by atoms with Gasteiger partial charge >= 0.3 is 6.18 Å². The number of carbonyl (C=O) groups excluding carboxylic acids is 1. The van der Waals surface area contributed by atoms with Crippen molar-refractivity contribution in [2.24, 2.45) is 0 Å². The summed E-state index contributed by atoms with van der Waals surface area (Å²) in [5.41, 5.74) is -0.126. The molecule has 0 spiro atoms. The Labute approximate surface area is 131 Å². The van der Waals surface area contributed by atoms with Crippen molar-refractivity contribution in [2.45, 2.75) is 19.1 Å². The molecule has 0 fully saturated rings. The fourth-order valence-corrected chi connectivity index (χ4v) is 2.18. The van der Waals surface area contributed by atoms with Crippen molar-refractivity contribution < 1.29 is 27.1 Å². The van der Waals surface area contributed by atoms with E-state index in [-0.39, 0.29) is 6.61 Å². The molecule has 0 unspecified atom stereocenters. The molecule has 0 saturated carbocycles. The molecule has 0 aliphatic heterocycles. The molecule has 0 aliphatic carbocycles. The lowest BCUT2D eigenvalue weighted by Crippen LogP contribution is -2.31. The van der Waals surface area contributed by atoms with Crippen LogP contribution in [0.5, 0.6) is 0 Å². The van der Waals surface area contributed by atoms with E-state index in [1.54, 1.807) is 6.92 Å². The first-order valence-corrected chi connectivity index (χ1v) is 6.84. The van der Waals surface area contributed by atoms with E-state index in [4.69, 9.17) is 9.15 Å². The van der Waals surface area contributed by atoms with Gasteiger partial charge in [-0.05, 0) is 30.7 Å². The van der Waals surface area contributed by atoms with Crippen LogP contribution >= 0.6 is 0 Å². The Balaban J connectivity index is 2.25. The number of aryl methyl sites for hydroxylation is 1. The molecule has 124 valence electrons. The maximum absolute atomic E-state index is 12.8. The summed E-state index contributed by atoms with van der Waals surface area (Å²) in [4.78, 5) is 12.2. The standard InChI is InChI=1S/C16H16F3NO3/c1-10-13(6-7-23-10)15(21)20-14(9-22-2)11-4-3-5-12(8-11)16(17,18)19/h3-8,14H,9H2,1-2H3,(H,20,21)/t14-/m0/s1. The minimum absolute atomic E-state index is 0.0456. The number of carbonyl (C=O) groups is 1. The molecule has 1 aromatic heterocycles. The quantitative estimate of drug-likeness (QED) is 0.910. The van der Waals surface area contributed by atoms with Crippen molar-refractivity contribution in [3.63, 3.8) is 0 Å². The number of furan rings is 1. The van der Waals surface area contributed by atoms with E-state index in [0.717, 1.165) is 12.1 Å². The second-order valence-corrected chi connectivity index (χ2v) is 5.00. The van der Waals surface area contributed by atoms with Gasteiger partial charge in [0.2, 0.25) is 0 Å². The van der Waals surface area contributed by atoms with Crippen molar-refractivity contribution in [2.75, 3.05) is 13.7 Å². The van der Waals surface area contributed by atoms with E-state index in [1.807, 2.05) is 0 Å². The molecule has 0 saturated heterocycles. The third-order valence-corrected chi connectivity index (χ3v) is 3.36.